The lowest BCUT2D eigenvalue weighted by atomic mass is 10.0. The van der Waals surface area contributed by atoms with Crippen LogP contribution in [0.25, 0.3) is 17.0 Å². The molecule has 5 rings (SSSR count). The fourth-order valence-corrected chi connectivity index (χ4v) is 3.72. The molecule has 4 heterocycles. The van der Waals surface area contributed by atoms with E-state index < -0.39 is 11.3 Å². The number of anilines is 1. The van der Waals surface area contributed by atoms with Crippen molar-refractivity contribution in [2.24, 2.45) is 5.41 Å². The van der Waals surface area contributed by atoms with Crippen molar-refractivity contribution in [3.63, 3.8) is 0 Å². The van der Waals surface area contributed by atoms with Gasteiger partial charge in [0.15, 0.2) is 0 Å². The second-order valence-electron chi connectivity index (χ2n) is 7.09. The Hall–Kier alpha value is -3.11. The van der Waals surface area contributed by atoms with Crippen LogP contribution in [-0.4, -0.2) is 62.8 Å². The molecule has 0 aromatic carbocycles. The van der Waals surface area contributed by atoms with Gasteiger partial charge >= 0.3 is 6.01 Å². The molecule has 1 aliphatic heterocycles. The first-order valence-electron chi connectivity index (χ1n) is 8.75. The Labute approximate surface area is 158 Å². The SMILES string of the molecule is COc1ncc(-c2cc(N3CC(F)(F)C4(CC4)C3)n3ncnc3n2)c(OC)n1. The lowest BCUT2D eigenvalue weighted by Gasteiger charge is -2.19. The number of fused-ring (bicyclic) bond motifs is 1. The quantitative estimate of drug-likeness (QED) is 0.668. The number of alkyl halides is 2. The molecule has 1 aliphatic carbocycles. The highest BCUT2D eigenvalue weighted by Crippen LogP contribution is 2.61. The average molecular weight is 389 g/mol. The molecule has 0 unspecified atom stereocenters. The van der Waals surface area contributed by atoms with E-state index in [0.29, 0.717) is 35.7 Å². The molecule has 11 heteroatoms. The van der Waals surface area contributed by atoms with E-state index in [1.54, 1.807) is 11.0 Å². The zero-order chi connectivity index (χ0) is 19.5. The molecule has 28 heavy (non-hydrogen) atoms. The molecule has 1 saturated carbocycles. The predicted molar refractivity (Wildman–Crippen MR) is 93.7 cm³/mol. The lowest BCUT2D eigenvalue weighted by Crippen LogP contribution is -2.29. The summed E-state index contributed by atoms with van der Waals surface area (Å²) < 4.78 is 40.9. The summed E-state index contributed by atoms with van der Waals surface area (Å²) in [5.41, 5.74) is 0.0294. The molecule has 0 bridgehead atoms. The van der Waals surface area contributed by atoms with Crippen LogP contribution in [0.4, 0.5) is 14.6 Å². The summed E-state index contributed by atoms with van der Waals surface area (Å²) in [6.07, 6.45) is 3.94. The highest BCUT2D eigenvalue weighted by molar-refractivity contribution is 5.69. The van der Waals surface area contributed by atoms with Crippen LogP contribution in [0.5, 0.6) is 11.9 Å². The molecule has 9 nitrogen and oxygen atoms in total. The first kappa shape index (κ1) is 17.0. The van der Waals surface area contributed by atoms with E-state index >= 15 is 0 Å². The second kappa shape index (κ2) is 5.69. The number of nitrogens with zero attached hydrogens (tertiary/aromatic N) is 7. The summed E-state index contributed by atoms with van der Waals surface area (Å²) in [4.78, 5) is 18.5. The third kappa shape index (κ3) is 2.38. The van der Waals surface area contributed by atoms with E-state index in [4.69, 9.17) is 9.47 Å². The molecule has 3 aromatic rings. The first-order chi connectivity index (χ1) is 13.5. The predicted octanol–water partition coefficient (Wildman–Crippen LogP) is 1.83. The van der Waals surface area contributed by atoms with Crippen LogP contribution in [0.2, 0.25) is 0 Å². The third-order valence-corrected chi connectivity index (χ3v) is 5.45. The topological polar surface area (TPSA) is 90.6 Å². The van der Waals surface area contributed by atoms with Crippen molar-refractivity contribution in [1.82, 2.24) is 29.5 Å². The zero-order valence-electron chi connectivity index (χ0n) is 15.3. The van der Waals surface area contributed by atoms with Crippen molar-refractivity contribution >= 4 is 11.6 Å². The van der Waals surface area contributed by atoms with Crippen molar-refractivity contribution in [3.05, 3.63) is 18.6 Å². The van der Waals surface area contributed by atoms with Crippen LogP contribution in [-0.2, 0) is 0 Å². The average Bonchev–Trinajstić information content (AvgIpc) is 3.25. The number of hydrogen-bond donors (Lipinski definition) is 0. The van der Waals surface area contributed by atoms with Gasteiger partial charge in [0.25, 0.3) is 11.7 Å². The molecule has 2 fully saturated rings. The fraction of sp³-hybridized carbons (Fsp3) is 0.471. The summed E-state index contributed by atoms with van der Waals surface area (Å²) in [7, 11) is 2.92. The number of aromatic nitrogens is 6. The molecule has 146 valence electrons. The maximum absolute atomic E-state index is 14.5. The van der Waals surface area contributed by atoms with Crippen molar-refractivity contribution in [1.29, 1.82) is 0 Å². The minimum Gasteiger partial charge on any atom is -0.480 e. The Balaban J connectivity index is 1.63. The minimum atomic E-state index is -2.73. The van der Waals surface area contributed by atoms with Gasteiger partial charge in [-0.25, -0.2) is 18.7 Å². The maximum Gasteiger partial charge on any atom is 0.319 e. The minimum absolute atomic E-state index is 0.152. The van der Waals surface area contributed by atoms with Crippen LogP contribution >= 0.6 is 0 Å². The highest BCUT2D eigenvalue weighted by Gasteiger charge is 2.67. The number of rotatable bonds is 4. The maximum atomic E-state index is 14.5. The van der Waals surface area contributed by atoms with Crippen LogP contribution in [0.15, 0.2) is 18.6 Å². The Bertz CT molecular complexity index is 1060. The van der Waals surface area contributed by atoms with Crippen molar-refractivity contribution < 1.29 is 18.3 Å². The highest BCUT2D eigenvalue weighted by atomic mass is 19.3. The number of methoxy groups -OCH3 is 2. The number of halogens is 2. The molecule has 1 saturated heterocycles. The molecular weight excluding hydrogens is 372 g/mol. The van der Waals surface area contributed by atoms with Gasteiger partial charge in [0, 0.05) is 18.8 Å². The van der Waals surface area contributed by atoms with Gasteiger partial charge in [-0.15, -0.1) is 0 Å². The fourth-order valence-electron chi connectivity index (χ4n) is 3.72. The molecule has 3 aromatic heterocycles. The monoisotopic (exact) mass is 389 g/mol. The van der Waals surface area contributed by atoms with Gasteiger partial charge in [-0.2, -0.15) is 19.6 Å². The van der Waals surface area contributed by atoms with Crippen molar-refractivity contribution in [2.75, 3.05) is 32.2 Å². The summed E-state index contributed by atoms with van der Waals surface area (Å²) in [6, 6.07) is 1.84. The molecule has 2 aliphatic rings. The standard InChI is InChI=1S/C17H17F2N7O2/c1-27-13-10(6-20-15(24-13)28-2)11-5-12(26-14(23-11)21-9-22-26)25-7-16(3-4-16)17(18,19)8-25/h5-6,9H,3-4,7-8H2,1-2H3. The van der Waals surface area contributed by atoms with Crippen molar-refractivity contribution in [2.45, 2.75) is 18.8 Å². The van der Waals surface area contributed by atoms with Crippen LogP contribution in [0.3, 0.4) is 0 Å². The summed E-state index contributed by atoms with van der Waals surface area (Å²) in [6.45, 7) is -0.0870. The molecule has 1 spiro atoms. The van der Waals surface area contributed by atoms with Crippen molar-refractivity contribution in [3.8, 4) is 23.1 Å². The third-order valence-electron chi connectivity index (χ3n) is 5.45. The number of hydrogen-bond acceptors (Lipinski definition) is 8. The Kier molecular flexibility index (Phi) is 3.46. The Morgan fingerprint density at radius 3 is 2.57 bits per heavy atom. The number of ether oxygens (including phenoxy) is 2. The smallest absolute Gasteiger partial charge is 0.319 e. The van der Waals surface area contributed by atoms with Crippen LogP contribution in [0, 0.1) is 5.41 Å². The van der Waals surface area contributed by atoms with Gasteiger partial charge in [-0.1, -0.05) is 0 Å². The summed E-state index contributed by atoms with van der Waals surface area (Å²) >= 11 is 0. The van der Waals surface area contributed by atoms with Gasteiger partial charge in [0.1, 0.15) is 12.1 Å². The second-order valence-corrected chi connectivity index (χ2v) is 7.09. The molecular formula is C17H17F2N7O2. The van der Waals surface area contributed by atoms with Gasteiger partial charge in [0.2, 0.25) is 5.88 Å². The molecule has 0 atom stereocenters. The van der Waals surface area contributed by atoms with Gasteiger partial charge < -0.3 is 14.4 Å². The van der Waals surface area contributed by atoms with E-state index in [2.05, 4.69) is 25.0 Å². The largest absolute Gasteiger partial charge is 0.480 e. The molecule has 0 amide bonds. The van der Waals surface area contributed by atoms with E-state index in [-0.39, 0.29) is 25.0 Å². The summed E-state index contributed by atoms with van der Waals surface area (Å²) in [5, 5.41) is 4.16. The van der Waals surface area contributed by atoms with Gasteiger partial charge in [-0.3, -0.25) is 0 Å². The van der Waals surface area contributed by atoms with Gasteiger partial charge in [-0.05, 0) is 12.8 Å². The zero-order valence-corrected chi connectivity index (χ0v) is 15.3. The summed E-state index contributed by atoms with van der Waals surface area (Å²) in [5.74, 6) is -1.67. The van der Waals surface area contributed by atoms with Gasteiger partial charge in [0.05, 0.1) is 37.4 Å². The lowest BCUT2D eigenvalue weighted by molar-refractivity contribution is -0.0334. The van der Waals surface area contributed by atoms with Crippen LogP contribution < -0.4 is 14.4 Å². The normalized spacial score (nSPS) is 19.4. The molecule has 0 N–H and O–H groups in total. The van der Waals surface area contributed by atoms with Crippen LogP contribution in [0.1, 0.15) is 12.8 Å². The van der Waals surface area contributed by atoms with E-state index in [1.807, 2.05) is 0 Å². The van der Waals surface area contributed by atoms with E-state index in [1.165, 1.54) is 31.3 Å². The van der Waals surface area contributed by atoms with E-state index in [9.17, 15) is 8.78 Å². The molecule has 0 radical (unpaired) electrons. The Morgan fingerprint density at radius 2 is 1.89 bits per heavy atom. The Morgan fingerprint density at radius 1 is 1.07 bits per heavy atom. The van der Waals surface area contributed by atoms with E-state index in [0.717, 1.165) is 0 Å². The first-order valence-corrected chi connectivity index (χ1v) is 8.75.